The number of thiophene rings is 1. The molecule has 0 aliphatic heterocycles. The number of hydrogen-bond donors (Lipinski definition) is 0. The number of aromatic nitrogens is 1. The fraction of sp³-hybridized carbons (Fsp3) is 0. The summed E-state index contributed by atoms with van der Waals surface area (Å²) in [6.07, 6.45) is 1.38. The first-order chi connectivity index (χ1) is 13.0. The number of allylic oxidation sites excluding steroid dienone is 1. The highest BCUT2D eigenvalue weighted by Gasteiger charge is 2.34. The van der Waals surface area contributed by atoms with Crippen molar-refractivity contribution < 1.29 is 18.4 Å². The maximum absolute atomic E-state index is 12.6. The topological polar surface area (TPSA) is 73.3 Å². The summed E-state index contributed by atoms with van der Waals surface area (Å²) in [5.74, 6) is -0.0824. The van der Waals surface area contributed by atoms with Crippen LogP contribution in [0, 0.1) is 0 Å². The average Bonchev–Trinajstić information content (AvgIpc) is 3.38. The lowest BCUT2D eigenvalue weighted by Gasteiger charge is -1.98. The summed E-state index contributed by atoms with van der Waals surface area (Å²) in [6, 6.07) is 8.19. The highest BCUT2D eigenvalue weighted by molar-refractivity contribution is 7.13. The number of oxazole rings is 1. The molecule has 0 spiro atoms. The van der Waals surface area contributed by atoms with Crippen LogP contribution in [-0.2, 0) is 0 Å². The van der Waals surface area contributed by atoms with Crippen molar-refractivity contribution >= 4 is 63.5 Å². The second-order valence-corrected chi connectivity index (χ2v) is 7.60. The Labute approximate surface area is 165 Å². The van der Waals surface area contributed by atoms with Crippen molar-refractivity contribution in [3.63, 3.8) is 0 Å². The molecule has 5 rings (SSSR count). The Hall–Kier alpha value is -2.67. The summed E-state index contributed by atoms with van der Waals surface area (Å²) in [7, 11) is 0. The van der Waals surface area contributed by atoms with Gasteiger partial charge in [-0.2, -0.15) is 4.98 Å². The summed E-state index contributed by atoms with van der Waals surface area (Å²) in [5.41, 5.74) is 1.18. The molecule has 8 heteroatoms. The standard InChI is InChI=1S/C19H7Cl2NO4S/c20-12-6-9-10(7-13(12)21)17(24)11(16(9)23)4-8-5-14-18(25-8)22-19(26-14)15-2-1-3-27-15/h1-7H. The molecule has 0 atom stereocenters. The van der Waals surface area contributed by atoms with Crippen LogP contribution in [-0.4, -0.2) is 16.6 Å². The zero-order valence-corrected chi connectivity index (χ0v) is 15.6. The van der Waals surface area contributed by atoms with Crippen molar-refractivity contribution in [1.29, 1.82) is 0 Å². The second-order valence-electron chi connectivity index (χ2n) is 5.84. The fourth-order valence-corrected chi connectivity index (χ4v) is 3.89. The van der Waals surface area contributed by atoms with Crippen LogP contribution in [0.5, 0.6) is 0 Å². The van der Waals surface area contributed by atoms with Crippen LogP contribution in [0.4, 0.5) is 0 Å². The number of hydrogen-bond acceptors (Lipinski definition) is 6. The van der Waals surface area contributed by atoms with Gasteiger partial charge in [-0.25, -0.2) is 0 Å². The van der Waals surface area contributed by atoms with Crippen LogP contribution < -0.4 is 0 Å². The number of furan rings is 1. The third-order valence-corrected chi connectivity index (χ3v) is 5.75. The second kappa shape index (κ2) is 5.92. The number of Topliss-reactive ketones (excluding diaryl/α,β-unsaturated/α-hetero) is 2. The van der Waals surface area contributed by atoms with Crippen molar-refractivity contribution in [3.05, 3.63) is 68.2 Å². The number of benzene rings is 1. The van der Waals surface area contributed by atoms with Crippen LogP contribution in [0.3, 0.4) is 0 Å². The van der Waals surface area contributed by atoms with Gasteiger partial charge in [0.15, 0.2) is 17.1 Å². The predicted octanol–water partition coefficient (Wildman–Crippen LogP) is 5.92. The van der Waals surface area contributed by atoms with Gasteiger partial charge >= 0.3 is 0 Å². The fourth-order valence-electron chi connectivity index (χ4n) is 2.92. The molecule has 0 saturated carbocycles. The summed E-state index contributed by atoms with van der Waals surface area (Å²) < 4.78 is 11.3. The molecule has 0 N–H and O–H groups in total. The molecule has 1 aliphatic carbocycles. The molecule has 0 unspecified atom stereocenters. The predicted molar refractivity (Wildman–Crippen MR) is 103 cm³/mol. The molecule has 5 nitrogen and oxygen atoms in total. The van der Waals surface area contributed by atoms with E-state index in [1.165, 1.54) is 29.5 Å². The maximum Gasteiger partial charge on any atom is 0.266 e. The molecule has 3 heterocycles. The molecule has 1 aliphatic rings. The summed E-state index contributed by atoms with van der Waals surface area (Å²) in [4.78, 5) is 30.3. The van der Waals surface area contributed by atoms with E-state index in [9.17, 15) is 9.59 Å². The Morgan fingerprint density at radius 3 is 2.30 bits per heavy atom. The van der Waals surface area contributed by atoms with E-state index in [-0.39, 0.29) is 26.7 Å². The smallest absolute Gasteiger partial charge is 0.266 e. The van der Waals surface area contributed by atoms with Gasteiger partial charge in [-0.05, 0) is 29.7 Å². The van der Waals surface area contributed by atoms with Gasteiger partial charge in [-0.1, -0.05) is 29.3 Å². The van der Waals surface area contributed by atoms with Gasteiger partial charge in [0.2, 0.25) is 5.89 Å². The van der Waals surface area contributed by atoms with E-state index in [0.29, 0.717) is 22.9 Å². The zero-order valence-electron chi connectivity index (χ0n) is 13.3. The minimum Gasteiger partial charge on any atom is -0.436 e. The minimum atomic E-state index is -0.422. The van der Waals surface area contributed by atoms with Crippen LogP contribution >= 0.6 is 34.5 Å². The number of halogens is 2. The van der Waals surface area contributed by atoms with E-state index >= 15 is 0 Å². The first-order valence-corrected chi connectivity index (χ1v) is 9.39. The average molecular weight is 416 g/mol. The molecule has 0 fully saturated rings. The Morgan fingerprint density at radius 2 is 1.70 bits per heavy atom. The van der Waals surface area contributed by atoms with Crippen molar-refractivity contribution in [1.82, 2.24) is 4.98 Å². The van der Waals surface area contributed by atoms with Gasteiger partial charge in [0.25, 0.3) is 5.71 Å². The Kier molecular flexibility index (Phi) is 3.62. The van der Waals surface area contributed by atoms with Crippen LogP contribution in [0.15, 0.2) is 50.1 Å². The number of ketones is 2. The largest absolute Gasteiger partial charge is 0.436 e. The molecule has 3 aromatic heterocycles. The molecule has 0 saturated heterocycles. The summed E-state index contributed by atoms with van der Waals surface area (Å²) in [6.45, 7) is 0. The van der Waals surface area contributed by atoms with Crippen molar-refractivity contribution in [2.45, 2.75) is 0 Å². The van der Waals surface area contributed by atoms with E-state index in [4.69, 9.17) is 32.0 Å². The van der Waals surface area contributed by atoms with E-state index in [1.54, 1.807) is 6.07 Å². The molecular formula is C19H7Cl2NO4S. The van der Waals surface area contributed by atoms with Crippen LogP contribution in [0.1, 0.15) is 26.5 Å². The molecule has 132 valence electrons. The third kappa shape index (κ3) is 2.56. The van der Waals surface area contributed by atoms with Crippen molar-refractivity contribution in [2.24, 2.45) is 0 Å². The van der Waals surface area contributed by atoms with Crippen molar-refractivity contribution in [3.8, 4) is 10.8 Å². The van der Waals surface area contributed by atoms with Gasteiger partial charge in [0.1, 0.15) is 5.76 Å². The highest BCUT2D eigenvalue weighted by atomic mass is 35.5. The molecule has 0 bridgehead atoms. The third-order valence-electron chi connectivity index (χ3n) is 4.17. The quantitative estimate of drug-likeness (QED) is 0.300. The van der Waals surface area contributed by atoms with E-state index in [2.05, 4.69) is 4.98 Å². The van der Waals surface area contributed by atoms with Gasteiger partial charge < -0.3 is 8.83 Å². The number of carbonyl (C=O) groups excluding carboxylic acids is 2. The highest BCUT2D eigenvalue weighted by Crippen LogP contribution is 2.35. The number of fused-ring (bicyclic) bond motifs is 2. The van der Waals surface area contributed by atoms with Gasteiger partial charge in [-0.3, -0.25) is 9.59 Å². The Morgan fingerprint density at radius 1 is 1.00 bits per heavy atom. The first kappa shape index (κ1) is 16.5. The summed E-state index contributed by atoms with van der Waals surface area (Å²) in [5, 5.41) is 2.36. The summed E-state index contributed by atoms with van der Waals surface area (Å²) >= 11 is 13.4. The lowest BCUT2D eigenvalue weighted by molar-refractivity contribution is 0.0990. The van der Waals surface area contributed by atoms with Crippen LogP contribution in [0.2, 0.25) is 10.0 Å². The lowest BCUT2D eigenvalue weighted by Crippen LogP contribution is -1.99. The maximum atomic E-state index is 12.6. The van der Waals surface area contributed by atoms with E-state index in [0.717, 1.165) is 4.88 Å². The molecule has 0 radical (unpaired) electrons. The molecule has 4 aromatic rings. The van der Waals surface area contributed by atoms with E-state index in [1.807, 2.05) is 17.5 Å². The molecular weight excluding hydrogens is 409 g/mol. The van der Waals surface area contributed by atoms with Gasteiger partial charge in [0.05, 0.1) is 20.5 Å². The number of rotatable bonds is 2. The molecule has 1 aromatic carbocycles. The Bertz CT molecular complexity index is 1210. The first-order valence-electron chi connectivity index (χ1n) is 7.75. The monoisotopic (exact) mass is 415 g/mol. The molecule has 27 heavy (non-hydrogen) atoms. The minimum absolute atomic E-state index is 0.0155. The SMILES string of the molecule is O=C1C(=Cc2cc3oc(-c4cccs4)nc3o2)C(=O)c2cc(Cl)c(Cl)cc21. The normalized spacial score (nSPS) is 13.6. The van der Waals surface area contributed by atoms with Gasteiger partial charge in [0, 0.05) is 17.2 Å². The molecule has 0 amide bonds. The van der Waals surface area contributed by atoms with Gasteiger partial charge in [-0.15, -0.1) is 11.3 Å². The number of carbonyl (C=O) groups is 2. The number of nitrogens with zero attached hydrogens (tertiary/aromatic N) is 1. The lowest BCUT2D eigenvalue weighted by atomic mass is 10.1. The van der Waals surface area contributed by atoms with Crippen LogP contribution in [0.25, 0.3) is 28.1 Å². The van der Waals surface area contributed by atoms with E-state index < -0.39 is 11.6 Å². The van der Waals surface area contributed by atoms with Crippen molar-refractivity contribution in [2.75, 3.05) is 0 Å². The Balaban J connectivity index is 1.54. The zero-order chi connectivity index (χ0) is 18.7.